The zero-order valence-corrected chi connectivity index (χ0v) is 13.0. The van der Waals surface area contributed by atoms with Gasteiger partial charge < -0.3 is 4.98 Å². The summed E-state index contributed by atoms with van der Waals surface area (Å²) in [6.07, 6.45) is 0. The summed E-state index contributed by atoms with van der Waals surface area (Å²) in [5.41, 5.74) is 2.66. The molecule has 0 aliphatic heterocycles. The Hall–Kier alpha value is -1.14. The fourth-order valence-electron chi connectivity index (χ4n) is 1.84. The van der Waals surface area contributed by atoms with Gasteiger partial charge in [-0.15, -0.1) is 10.2 Å². The summed E-state index contributed by atoms with van der Waals surface area (Å²) in [5.74, 6) is 1.61. The number of hydrogen-bond donors (Lipinski definition) is 1. The van der Waals surface area contributed by atoms with Gasteiger partial charge in [0.15, 0.2) is 5.65 Å². The van der Waals surface area contributed by atoms with Crippen molar-refractivity contribution in [3.63, 3.8) is 0 Å². The molecular weight excluding hydrogens is 324 g/mol. The molecule has 0 amide bonds. The molecular formula is C13H13BrN4S. The van der Waals surface area contributed by atoms with E-state index in [1.54, 1.807) is 11.8 Å². The number of halogens is 1. The number of rotatable bonds is 3. The standard InChI is InChI=1S/C13H13BrN4S/c1-7(2)6-19-13-16-12-11(17-18-13)9-4-3-8(14)5-10(9)15-12/h3-5,7H,6H2,1-2H3,(H,15,16,18). The number of H-pyrrole nitrogens is 1. The van der Waals surface area contributed by atoms with Crippen molar-refractivity contribution >= 4 is 49.8 Å². The molecule has 1 N–H and O–H groups in total. The number of benzene rings is 1. The highest BCUT2D eigenvalue weighted by Crippen LogP contribution is 2.26. The van der Waals surface area contributed by atoms with Crippen molar-refractivity contribution < 1.29 is 0 Å². The van der Waals surface area contributed by atoms with Gasteiger partial charge >= 0.3 is 0 Å². The Morgan fingerprint density at radius 2 is 2.16 bits per heavy atom. The molecule has 2 heterocycles. The van der Waals surface area contributed by atoms with Gasteiger partial charge in [0.1, 0.15) is 5.52 Å². The molecule has 0 aliphatic carbocycles. The lowest BCUT2D eigenvalue weighted by molar-refractivity contribution is 0.746. The molecule has 0 radical (unpaired) electrons. The maximum Gasteiger partial charge on any atom is 0.211 e. The Bertz CT molecular complexity index is 738. The van der Waals surface area contributed by atoms with E-state index in [0.29, 0.717) is 5.92 Å². The van der Waals surface area contributed by atoms with Gasteiger partial charge in [0.2, 0.25) is 5.16 Å². The van der Waals surface area contributed by atoms with Crippen molar-refractivity contribution in [3.8, 4) is 0 Å². The van der Waals surface area contributed by atoms with Gasteiger partial charge in [-0.2, -0.15) is 0 Å². The molecule has 0 spiro atoms. The highest BCUT2D eigenvalue weighted by Gasteiger charge is 2.10. The van der Waals surface area contributed by atoms with E-state index in [2.05, 4.69) is 49.9 Å². The van der Waals surface area contributed by atoms with E-state index in [1.807, 2.05) is 18.2 Å². The van der Waals surface area contributed by atoms with Crippen molar-refractivity contribution in [2.24, 2.45) is 5.92 Å². The van der Waals surface area contributed by atoms with Crippen LogP contribution in [0, 0.1) is 5.92 Å². The molecule has 0 fully saturated rings. The third kappa shape index (κ3) is 2.60. The smallest absolute Gasteiger partial charge is 0.211 e. The Morgan fingerprint density at radius 3 is 2.95 bits per heavy atom. The van der Waals surface area contributed by atoms with Crippen LogP contribution in [0.15, 0.2) is 27.8 Å². The molecule has 0 aliphatic rings. The second-order valence-electron chi connectivity index (χ2n) is 4.81. The Balaban J connectivity index is 2.05. The van der Waals surface area contributed by atoms with Gasteiger partial charge in [0.05, 0.1) is 5.52 Å². The number of aromatic nitrogens is 4. The summed E-state index contributed by atoms with van der Waals surface area (Å²) < 4.78 is 1.04. The summed E-state index contributed by atoms with van der Waals surface area (Å²) in [6, 6.07) is 6.05. The maximum absolute atomic E-state index is 4.53. The SMILES string of the molecule is CC(C)CSc1nnc2c(n1)[nH]c1cc(Br)ccc12. The molecule has 3 rings (SSSR count). The first-order chi connectivity index (χ1) is 9.13. The van der Waals surface area contributed by atoms with E-state index in [4.69, 9.17) is 0 Å². The number of fused-ring (bicyclic) bond motifs is 3. The van der Waals surface area contributed by atoms with Crippen LogP contribution in [0.1, 0.15) is 13.8 Å². The zero-order valence-electron chi connectivity index (χ0n) is 10.6. The Kier molecular flexibility index (Phi) is 3.45. The summed E-state index contributed by atoms with van der Waals surface area (Å²) in [7, 11) is 0. The lowest BCUT2D eigenvalue weighted by Crippen LogP contribution is -1.95. The lowest BCUT2D eigenvalue weighted by Gasteiger charge is -2.01. The number of nitrogens with zero attached hydrogens (tertiary/aromatic N) is 3. The van der Waals surface area contributed by atoms with Crippen LogP contribution in [0.4, 0.5) is 0 Å². The largest absolute Gasteiger partial charge is 0.338 e. The third-order valence-electron chi connectivity index (χ3n) is 2.70. The Labute approximate surface area is 123 Å². The zero-order chi connectivity index (χ0) is 13.4. The summed E-state index contributed by atoms with van der Waals surface area (Å²) >= 11 is 5.11. The first kappa shape index (κ1) is 12.9. The molecule has 2 aromatic heterocycles. The van der Waals surface area contributed by atoms with Gasteiger partial charge in [-0.05, 0) is 24.1 Å². The molecule has 0 unspecified atom stereocenters. The van der Waals surface area contributed by atoms with Crippen LogP contribution in [0.3, 0.4) is 0 Å². The number of thioether (sulfide) groups is 1. The van der Waals surface area contributed by atoms with Gasteiger partial charge in [-0.25, -0.2) is 4.98 Å². The normalized spacial score (nSPS) is 11.8. The molecule has 0 saturated heterocycles. The van der Waals surface area contributed by atoms with E-state index in [9.17, 15) is 0 Å². The summed E-state index contributed by atoms with van der Waals surface area (Å²) in [4.78, 5) is 7.82. The van der Waals surface area contributed by atoms with Crippen LogP contribution in [0.5, 0.6) is 0 Å². The monoisotopic (exact) mass is 336 g/mol. The van der Waals surface area contributed by atoms with E-state index >= 15 is 0 Å². The van der Waals surface area contributed by atoms with E-state index in [-0.39, 0.29) is 0 Å². The first-order valence-corrected chi connectivity index (χ1v) is 7.86. The van der Waals surface area contributed by atoms with Gasteiger partial charge in [0, 0.05) is 15.6 Å². The van der Waals surface area contributed by atoms with Crippen LogP contribution < -0.4 is 0 Å². The highest BCUT2D eigenvalue weighted by atomic mass is 79.9. The van der Waals surface area contributed by atoms with Crippen molar-refractivity contribution in [1.29, 1.82) is 0 Å². The fourth-order valence-corrected chi connectivity index (χ4v) is 2.93. The minimum atomic E-state index is 0.614. The molecule has 6 heteroatoms. The fraction of sp³-hybridized carbons (Fsp3) is 0.308. The van der Waals surface area contributed by atoms with Gasteiger partial charge in [-0.1, -0.05) is 41.5 Å². The minimum Gasteiger partial charge on any atom is -0.338 e. The lowest BCUT2D eigenvalue weighted by atomic mass is 10.2. The topological polar surface area (TPSA) is 54.5 Å². The van der Waals surface area contributed by atoms with Crippen LogP contribution in [0.25, 0.3) is 22.1 Å². The molecule has 1 aromatic carbocycles. The Morgan fingerprint density at radius 1 is 1.32 bits per heavy atom. The summed E-state index contributed by atoms with van der Waals surface area (Å²) in [6.45, 7) is 4.36. The molecule has 3 aromatic rings. The van der Waals surface area contributed by atoms with Crippen molar-refractivity contribution in [2.75, 3.05) is 5.75 Å². The third-order valence-corrected chi connectivity index (χ3v) is 4.46. The van der Waals surface area contributed by atoms with Crippen molar-refractivity contribution in [1.82, 2.24) is 20.2 Å². The van der Waals surface area contributed by atoms with E-state index in [1.165, 1.54) is 0 Å². The minimum absolute atomic E-state index is 0.614. The second-order valence-corrected chi connectivity index (χ2v) is 6.71. The molecule has 4 nitrogen and oxygen atoms in total. The molecule has 0 saturated carbocycles. The first-order valence-electron chi connectivity index (χ1n) is 6.08. The average Bonchev–Trinajstić information content (AvgIpc) is 2.72. The van der Waals surface area contributed by atoms with Gasteiger partial charge in [0.25, 0.3) is 0 Å². The molecule has 0 atom stereocenters. The maximum atomic E-state index is 4.53. The molecule has 0 bridgehead atoms. The quantitative estimate of drug-likeness (QED) is 0.734. The van der Waals surface area contributed by atoms with Crippen LogP contribution in [-0.2, 0) is 0 Å². The van der Waals surface area contributed by atoms with Crippen LogP contribution >= 0.6 is 27.7 Å². The second kappa shape index (κ2) is 5.09. The molecule has 19 heavy (non-hydrogen) atoms. The van der Waals surface area contributed by atoms with Gasteiger partial charge in [-0.3, -0.25) is 0 Å². The van der Waals surface area contributed by atoms with Crippen molar-refractivity contribution in [3.05, 3.63) is 22.7 Å². The van der Waals surface area contributed by atoms with Crippen molar-refractivity contribution in [2.45, 2.75) is 19.0 Å². The molecule has 98 valence electrons. The summed E-state index contributed by atoms with van der Waals surface area (Å²) in [5, 5.41) is 10.3. The van der Waals surface area contributed by atoms with E-state index < -0.39 is 0 Å². The average molecular weight is 337 g/mol. The number of nitrogens with one attached hydrogen (secondary N) is 1. The number of hydrogen-bond acceptors (Lipinski definition) is 4. The van der Waals surface area contributed by atoms with E-state index in [0.717, 1.165) is 37.4 Å². The predicted octanol–water partition coefficient (Wildman–Crippen LogP) is 4.02. The number of aromatic amines is 1. The predicted molar refractivity (Wildman–Crippen MR) is 82.5 cm³/mol. The van der Waals surface area contributed by atoms with Crippen LogP contribution in [0.2, 0.25) is 0 Å². The van der Waals surface area contributed by atoms with Crippen LogP contribution in [-0.4, -0.2) is 25.9 Å². The highest BCUT2D eigenvalue weighted by molar-refractivity contribution is 9.10.